The molecular weight excluding hydrogens is 540 g/mol. The highest BCUT2D eigenvalue weighted by Crippen LogP contribution is 2.29. The molecular formula is C31H38N4O5S. The second-order valence-corrected chi connectivity index (χ2v) is 12.9. The summed E-state index contributed by atoms with van der Waals surface area (Å²) in [7, 11) is -0.746. The molecule has 0 bridgehead atoms. The Morgan fingerprint density at radius 3 is 2.51 bits per heavy atom. The second-order valence-electron chi connectivity index (χ2n) is 10.9. The number of amidine groups is 1. The van der Waals surface area contributed by atoms with Crippen LogP contribution < -0.4 is 15.4 Å². The fraction of sp³-hybridized carbons (Fsp3) is 0.419. The highest BCUT2D eigenvalue weighted by atomic mass is 32.2. The van der Waals surface area contributed by atoms with Crippen LogP contribution in [-0.4, -0.2) is 57.3 Å². The number of ether oxygens (including phenoxy) is 1. The number of nitrogens with one attached hydrogen (secondary N) is 2. The van der Waals surface area contributed by atoms with Gasteiger partial charge < -0.3 is 19.8 Å². The zero-order valence-electron chi connectivity index (χ0n) is 24.1. The Kier molecular flexibility index (Phi) is 8.51. The van der Waals surface area contributed by atoms with E-state index in [1.807, 2.05) is 0 Å². The number of nitrogens with zero attached hydrogens (tertiary/aromatic N) is 2. The molecule has 2 N–H and O–H groups in total. The van der Waals surface area contributed by atoms with Crippen LogP contribution in [0.25, 0.3) is 0 Å². The lowest BCUT2D eigenvalue weighted by atomic mass is 9.92. The molecule has 5 rings (SSSR count). The van der Waals surface area contributed by atoms with Crippen LogP contribution in [0.15, 0.2) is 63.0 Å². The maximum absolute atomic E-state index is 13.3. The van der Waals surface area contributed by atoms with Gasteiger partial charge in [0.15, 0.2) is 0 Å². The Morgan fingerprint density at radius 1 is 1.12 bits per heavy atom. The molecule has 0 radical (unpaired) electrons. The van der Waals surface area contributed by atoms with E-state index in [0.717, 1.165) is 23.4 Å². The van der Waals surface area contributed by atoms with Crippen LogP contribution in [-0.2, 0) is 23.0 Å². The topological polar surface area (TPSA) is 113 Å². The molecule has 41 heavy (non-hydrogen) atoms. The highest BCUT2D eigenvalue weighted by molar-refractivity contribution is 7.89. The van der Waals surface area contributed by atoms with Gasteiger partial charge in [-0.3, -0.25) is 9.79 Å². The number of hydrogen-bond acceptors (Lipinski definition) is 7. The van der Waals surface area contributed by atoms with Gasteiger partial charge in [-0.1, -0.05) is 37.1 Å². The van der Waals surface area contributed by atoms with Crippen LogP contribution >= 0.6 is 0 Å². The van der Waals surface area contributed by atoms with E-state index >= 15 is 0 Å². The quantitative estimate of drug-likeness (QED) is 0.370. The molecule has 0 unspecified atom stereocenters. The Hall–Kier alpha value is -3.63. The number of benzene rings is 2. The van der Waals surface area contributed by atoms with Crippen molar-refractivity contribution in [2.24, 2.45) is 4.99 Å². The minimum Gasteiger partial charge on any atom is -0.497 e. The van der Waals surface area contributed by atoms with Crippen molar-refractivity contribution in [2.75, 3.05) is 20.7 Å². The van der Waals surface area contributed by atoms with E-state index in [1.165, 1.54) is 36.9 Å². The van der Waals surface area contributed by atoms with Crippen molar-refractivity contribution in [1.29, 1.82) is 0 Å². The smallest absolute Gasteiger partial charge is 0.254 e. The average Bonchev–Trinajstić information content (AvgIpc) is 3.60. The SMILES string of the molecule is COc1cc(C)c(S(=O)(=O)N(C)Cc2cc(C(=O)NCCc3ccc(C4=N[C@@H]5CCCC[C@H]5N4)cc3)co2)c(C)c1. The predicted molar refractivity (Wildman–Crippen MR) is 158 cm³/mol. The second kappa shape index (κ2) is 12.1. The van der Waals surface area contributed by atoms with Gasteiger partial charge in [-0.05, 0) is 68.0 Å². The summed E-state index contributed by atoms with van der Waals surface area (Å²) < 4.78 is 38.6. The molecule has 0 saturated heterocycles. The van der Waals surface area contributed by atoms with Crippen LogP contribution in [0, 0.1) is 13.8 Å². The monoisotopic (exact) mass is 578 g/mol. The van der Waals surface area contributed by atoms with Crippen LogP contribution in [0.5, 0.6) is 5.75 Å². The summed E-state index contributed by atoms with van der Waals surface area (Å²) in [5, 5.41) is 6.51. The number of sulfonamides is 1. The number of fused-ring (bicyclic) bond motifs is 1. The van der Waals surface area contributed by atoms with Crippen LogP contribution in [0.1, 0.15) is 64.1 Å². The van der Waals surface area contributed by atoms with Gasteiger partial charge in [0.2, 0.25) is 10.0 Å². The fourth-order valence-corrected chi connectivity index (χ4v) is 7.24. The van der Waals surface area contributed by atoms with E-state index < -0.39 is 10.0 Å². The normalized spacial score (nSPS) is 18.5. The lowest BCUT2D eigenvalue weighted by molar-refractivity contribution is 0.0953. The first-order chi connectivity index (χ1) is 19.7. The summed E-state index contributed by atoms with van der Waals surface area (Å²) in [5.74, 6) is 1.71. The molecule has 1 aliphatic carbocycles. The average molecular weight is 579 g/mol. The molecule has 218 valence electrons. The van der Waals surface area contributed by atoms with Crippen molar-refractivity contribution < 1.29 is 22.4 Å². The van der Waals surface area contributed by atoms with Crippen molar-refractivity contribution in [3.8, 4) is 5.75 Å². The highest BCUT2D eigenvalue weighted by Gasteiger charge is 2.31. The number of furan rings is 1. The maximum Gasteiger partial charge on any atom is 0.254 e. The molecule has 10 heteroatoms. The van der Waals surface area contributed by atoms with E-state index in [0.29, 0.717) is 53.2 Å². The van der Waals surface area contributed by atoms with Gasteiger partial charge in [0, 0.05) is 25.2 Å². The van der Waals surface area contributed by atoms with E-state index in [2.05, 4.69) is 34.9 Å². The number of rotatable bonds is 10. The van der Waals surface area contributed by atoms with Crippen molar-refractivity contribution in [1.82, 2.24) is 14.9 Å². The summed E-state index contributed by atoms with van der Waals surface area (Å²) in [6, 6.07) is 14.2. The molecule has 1 aromatic heterocycles. The zero-order chi connectivity index (χ0) is 29.1. The minimum atomic E-state index is -3.79. The molecule has 1 amide bonds. The van der Waals surface area contributed by atoms with E-state index in [4.69, 9.17) is 14.1 Å². The van der Waals surface area contributed by atoms with Crippen molar-refractivity contribution in [3.63, 3.8) is 0 Å². The maximum atomic E-state index is 13.3. The molecule has 2 atom stereocenters. The largest absolute Gasteiger partial charge is 0.497 e. The molecule has 1 aliphatic heterocycles. The van der Waals surface area contributed by atoms with Gasteiger partial charge in [-0.2, -0.15) is 4.31 Å². The summed E-state index contributed by atoms with van der Waals surface area (Å²) in [6.07, 6.45) is 6.92. The number of amides is 1. The molecule has 2 aliphatic rings. The first kappa shape index (κ1) is 28.9. The summed E-state index contributed by atoms with van der Waals surface area (Å²) in [4.78, 5) is 17.8. The predicted octanol–water partition coefficient (Wildman–Crippen LogP) is 4.36. The van der Waals surface area contributed by atoms with Gasteiger partial charge in [-0.25, -0.2) is 8.42 Å². The van der Waals surface area contributed by atoms with Crippen LogP contribution in [0.2, 0.25) is 0 Å². The lowest BCUT2D eigenvalue weighted by Gasteiger charge is -2.23. The van der Waals surface area contributed by atoms with E-state index in [1.54, 1.807) is 39.2 Å². The molecule has 0 spiro atoms. The minimum absolute atomic E-state index is 0.00544. The zero-order valence-corrected chi connectivity index (χ0v) is 24.9. The number of aliphatic imine (C=N–C) groups is 1. The summed E-state index contributed by atoms with van der Waals surface area (Å²) >= 11 is 0. The third-order valence-electron chi connectivity index (χ3n) is 7.91. The van der Waals surface area contributed by atoms with Crippen molar-refractivity contribution in [2.45, 2.75) is 69.5 Å². The van der Waals surface area contributed by atoms with Gasteiger partial charge >= 0.3 is 0 Å². The molecule has 9 nitrogen and oxygen atoms in total. The molecule has 3 aromatic rings. The number of hydrogen-bond donors (Lipinski definition) is 2. The Bertz CT molecular complexity index is 1520. The van der Waals surface area contributed by atoms with Crippen LogP contribution in [0.4, 0.5) is 0 Å². The van der Waals surface area contributed by atoms with Gasteiger partial charge in [0.1, 0.15) is 23.6 Å². The summed E-state index contributed by atoms with van der Waals surface area (Å²) in [5.41, 5.74) is 3.77. The first-order valence-electron chi connectivity index (χ1n) is 14.1. The van der Waals surface area contributed by atoms with Crippen molar-refractivity contribution >= 4 is 21.8 Å². The summed E-state index contributed by atoms with van der Waals surface area (Å²) in [6.45, 7) is 3.94. The Morgan fingerprint density at radius 2 is 1.83 bits per heavy atom. The third kappa shape index (κ3) is 6.33. The number of carbonyl (C=O) groups excluding carboxylic acids is 1. The Balaban J connectivity index is 1.13. The third-order valence-corrected chi connectivity index (χ3v) is 10.0. The molecule has 1 fully saturated rings. The number of carbonyl (C=O) groups is 1. The fourth-order valence-electron chi connectivity index (χ4n) is 5.70. The van der Waals surface area contributed by atoms with Gasteiger partial charge in [0.05, 0.1) is 30.2 Å². The van der Waals surface area contributed by atoms with E-state index in [-0.39, 0.29) is 17.3 Å². The first-order valence-corrected chi connectivity index (χ1v) is 15.5. The van der Waals surface area contributed by atoms with Crippen molar-refractivity contribution in [3.05, 3.63) is 82.3 Å². The standard InChI is InChI=1S/C31H38N4O5S/c1-20-15-25(39-4)16-21(2)29(20)41(37,38)35(3)18-26-17-24(19-40-26)31(36)32-14-13-22-9-11-23(12-10-22)30-33-27-7-5-6-8-28(27)34-30/h9-12,15-17,19,27-28H,5-8,13-14,18H2,1-4H3,(H,32,36)(H,33,34)/t27-,28-/m1/s1. The number of methoxy groups -OCH3 is 1. The van der Waals surface area contributed by atoms with Gasteiger partial charge in [-0.15, -0.1) is 0 Å². The number of aryl methyl sites for hydroxylation is 2. The van der Waals surface area contributed by atoms with Crippen LogP contribution in [0.3, 0.4) is 0 Å². The Labute approximate surface area is 242 Å². The lowest BCUT2D eigenvalue weighted by Crippen LogP contribution is -2.36. The molecule has 1 saturated carbocycles. The molecule has 2 aromatic carbocycles. The molecule has 2 heterocycles. The van der Waals surface area contributed by atoms with E-state index in [9.17, 15) is 13.2 Å². The van der Waals surface area contributed by atoms with Gasteiger partial charge in [0.25, 0.3) is 5.91 Å².